The number of nitrogens with two attached hydrogens (primary N) is 1. The molecule has 0 saturated carbocycles. The molecule has 48 heavy (non-hydrogen) atoms. The molecular weight excluding hydrogens is 654 g/mol. The van der Waals surface area contributed by atoms with Gasteiger partial charge in [0.2, 0.25) is 5.91 Å². The van der Waals surface area contributed by atoms with Gasteiger partial charge in [-0.05, 0) is 72.5 Å². The van der Waals surface area contributed by atoms with E-state index in [1.165, 1.54) is 13.2 Å². The number of carbonyl (C=O) groups excluding carboxylic acids is 2. The summed E-state index contributed by atoms with van der Waals surface area (Å²) >= 11 is 12.8. The maximum Gasteiger partial charge on any atom is 0.337 e. The van der Waals surface area contributed by atoms with Gasteiger partial charge in [0, 0.05) is 52.5 Å². The highest BCUT2D eigenvalue weighted by atomic mass is 35.5. The molecule has 2 fully saturated rings. The van der Waals surface area contributed by atoms with Crippen molar-refractivity contribution >= 4 is 46.5 Å². The van der Waals surface area contributed by atoms with Crippen LogP contribution in [-0.2, 0) is 21.6 Å². The maximum atomic E-state index is 16.2. The second-order valence-electron chi connectivity index (χ2n) is 12.1. The minimum absolute atomic E-state index is 0. The first-order valence-electron chi connectivity index (χ1n) is 15.4. The van der Waals surface area contributed by atoms with Crippen LogP contribution in [0.1, 0.15) is 65.3 Å². The van der Waals surface area contributed by atoms with Crippen LogP contribution < -0.4 is 21.1 Å². The fraction of sp³-hybridized carbons (Fsp3) is 0.297. The Bertz CT molecular complexity index is 1910. The number of hydrogen-bond donors (Lipinski definition) is 3. The van der Waals surface area contributed by atoms with Gasteiger partial charge in [0.15, 0.2) is 0 Å². The zero-order valence-corrected chi connectivity index (χ0v) is 27.2. The standard InChI is InChI=1S/C36H33Cl2FN4O4.CH4/c1-3-47-22-7-4-6-19(14-22)18-43-30-17-28(23-12-10-20(15-27(23)40)34(44)46-2)41-33(30)31(24-8-5-9-26(38)32(24)39)36(43)25-13-11-21(37)16-29(25)42-35(36)45;/h4-16,28,30-31,33,41H,3,17-18,40H2,1-2H3,(H,42,45);1H4/t28?,30-,31-,33+,36+;/m0./s1. The van der Waals surface area contributed by atoms with Crippen LogP contribution in [0.2, 0.25) is 10.0 Å². The lowest BCUT2D eigenvalue weighted by atomic mass is 9.73. The molecule has 4 N–H and O–H groups in total. The van der Waals surface area contributed by atoms with Gasteiger partial charge < -0.3 is 25.8 Å². The third kappa shape index (κ3) is 5.29. The molecule has 3 aliphatic heterocycles. The molecule has 1 unspecified atom stereocenters. The molecule has 3 aliphatic rings. The van der Waals surface area contributed by atoms with Crippen molar-refractivity contribution in [1.82, 2.24) is 10.2 Å². The number of rotatable bonds is 7. The largest absolute Gasteiger partial charge is 0.494 e. The quantitative estimate of drug-likeness (QED) is 0.137. The summed E-state index contributed by atoms with van der Waals surface area (Å²) in [7, 11) is 1.32. The number of methoxy groups -OCH3 is 1. The zero-order chi connectivity index (χ0) is 33.0. The minimum atomic E-state index is -1.32. The van der Waals surface area contributed by atoms with E-state index in [9.17, 15) is 9.59 Å². The van der Waals surface area contributed by atoms with E-state index in [-0.39, 0.29) is 30.4 Å². The van der Waals surface area contributed by atoms with Gasteiger partial charge in [-0.2, -0.15) is 0 Å². The normalized spacial score (nSPS) is 24.1. The van der Waals surface area contributed by atoms with Gasteiger partial charge in [-0.1, -0.05) is 67.0 Å². The van der Waals surface area contributed by atoms with Gasteiger partial charge >= 0.3 is 5.97 Å². The first kappa shape index (κ1) is 33.7. The lowest BCUT2D eigenvalue weighted by molar-refractivity contribution is -0.128. The highest BCUT2D eigenvalue weighted by Crippen LogP contribution is 2.61. The molecule has 0 radical (unpaired) electrons. The first-order chi connectivity index (χ1) is 22.7. The van der Waals surface area contributed by atoms with Crippen LogP contribution in [0.25, 0.3) is 0 Å². The van der Waals surface area contributed by atoms with Gasteiger partial charge in [0.25, 0.3) is 0 Å². The predicted molar refractivity (Wildman–Crippen MR) is 186 cm³/mol. The van der Waals surface area contributed by atoms with Crippen molar-refractivity contribution in [3.05, 3.63) is 123 Å². The van der Waals surface area contributed by atoms with Gasteiger partial charge in [-0.25, -0.2) is 9.18 Å². The SMILES string of the molecule is C.CCOc1cccc(CN2[C@H]3CC(c4ccc(C(=O)OC)cc4N)N[C@H]3[C@H](c3cccc(Cl)c3F)[C@]23C(=O)Nc2cc(Cl)ccc23)c1. The summed E-state index contributed by atoms with van der Waals surface area (Å²) in [6.45, 7) is 2.80. The van der Waals surface area contributed by atoms with E-state index < -0.39 is 29.3 Å². The number of halogens is 3. The molecule has 4 aromatic carbocycles. The molecule has 1 amide bonds. The summed E-state index contributed by atoms with van der Waals surface area (Å²) in [5.41, 5.74) is 9.34. The number of esters is 1. The molecule has 0 bridgehead atoms. The number of anilines is 2. The van der Waals surface area contributed by atoms with E-state index in [1.807, 2.05) is 43.3 Å². The molecule has 5 atom stereocenters. The molecule has 1 spiro atoms. The lowest BCUT2D eigenvalue weighted by Gasteiger charge is -2.41. The second kappa shape index (κ2) is 13.0. The van der Waals surface area contributed by atoms with E-state index in [0.29, 0.717) is 52.7 Å². The Morgan fingerprint density at radius 3 is 2.60 bits per heavy atom. The highest BCUT2D eigenvalue weighted by Gasteiger charge is 2.68. The molecule has 2 saturated heterocycles. The topological polar surface area (TPSA) is 106 Å². The average Bonchev–Trinajstić information content (AvgIpc) is 3.68. The Labute approximate surface area is 289 Å². The predicted octanol–water partition coefficient (Wildman–Crippen LogP) is 7.45. The number of hydrogen-bond acceptors (Lipinski definition) is 7. The summed E-state index contributed by atoms with van der Waals surface area (Å²) in [6.07, 6.45) is 0.550. The third-order valence-corrected chi connectivity index (χ3v) is 10.2. The summed E-state index contributed by atoms with van der Waals surface area (Å²) in [4.78, 5) is 29.0. The highest BCUT2D eigenvalue weighted by molar-refractivity contribution is 6.31. The van der Waals surface area contributed by atoms with E-state index in [4.69, 9.17) is 38.4 Å². The number of fused-ring (bicyclic) bond motifs is 3. The fourth-order valence-corrected chi connectivity index (χ4v) is 8.25. The van der Waals surface area contributed by atoms with Crippen molar-refractivity contribution in [3.8, 4) is 5.75 Å². The lowest BCUT2D eigenvalue weighted by Crippen LogP contribution is -2.52. The Kier molecular flexibility index (Phi) is 9.17. The summed E-state index contributed by atoms with van der Waals surface area (Å²) in [5, 5.41) is 7.28. The number of benzene rings is 4. The van der Waals surface area contributed by atoms with Crippen LogP contribution in [0.15, 0.2) is 78.9 Å². The first-order valence-corrected chi connectivity index (χ1v) is 16.2. The molecule has 11 heteroatoms. The molecule has 4 aromatic rings. The average molecular weight is 692 g/mol. The Morgan fingerprint density at radius 2 is 1.85 bits per heavy atom. The molecule has 250 valence electrons. The monoisotopic (exact) mass is 690 g/mol. The van der Waals surface area contributed by atoms with E-state index in [1.54, 1.807) is 36.4 Å². The zero-order valence-electron chi connectivity index (χ0n) is 25.7. The summed E-state index contributed by atoms with van der Waals surface area (Å²) < 4.78 is 26.9. The second-order valence-corrected chi connectivity index (χ2v) is 13.0. The Morgan fingerprint density at radius 1 is 1.06 bits per heavy atom. The minimum Gasteiger partial charge on any atom is -0.494 e. The van der Waals surface area contributed by atoms with Crippen LogP contribution in [-0.4, -0.2) is 42.6 Å². The van der Waals surface area contributed by atoms with Crippen LogP contribution in [0.5, 0.6) is 5.75 Å². The Hall–Kier alpha value is -4.15. The van der Waals surface area contributed by atoms with Gasteiger partial charge in [0.1, 0.15) is 17.1 Å². The molecular formula is C37H37Cl2FN4O4. The Balaban J connectivity index is 0.00000401. The van der Waals surface area contributed by atoms with Crippen LogP contribution >= 0.6 is 23.2 Å². The van der Waals surface area contributed by atoms with E-state index in [0.717, 1.165) is 16.9 Å². The van der Waals surface area contributed by atoms with Gasteiger partial charge in [-0.15, -0.1) is 0 Å². The summed E-state index contributed by atoms with van der Waals surface area (Å²) in [5.74, 6) is -1.31. The molecule has 0 aromatic heterocycles. The smallest absolute Gasteiger partial charge is 0.337 e. The van der Waals surface area contributed by atoms with Crippen molar-refractivity contribution in [2.45, 2.75) is 56.9 Å². The van der Waals surface area contributed by atoms with Crippen LogP contribution in [0.4, 0.5) is 15.8 Å². The number of nitrogens with one attached hydrogen (secondary N) is 2. The van der Waals surface area contributed by atoms with E-state index in [2.05, 4.69) is 15.5 Å². The number of ether oxygens (including phenoxy) is 2. The number of nitrogens with zero attached hydrogens (tertiary/aromatic N) is 1. The maximum absolute atomic E-state index is 16.2. The number of amides is 1. The van der Waals surface area contributed by atoms with Crippen LogP contribution in [0, 0.1) is 5.82 Å². The molecule has 3 heterocycles. The van der Waals surface area contributed by atoms with Crippen molar-refractivity contribution < 1.29 is 23.5 Å². The molecule has 8 nitrogen and oxygen atoms in total. The molecule has 7 rings (SSSR count). The summed E-state index contributed by atoms with van der Waals surface area (Å²) in [6, 6.07) is 22.3. The number of nitrogen functional groups attached to an aromatic ring is 1. The van der Waals surface area contributed by atoms with Gasteiger partial charge in [-0.3, -0.25) is 9.69 Å². The van der Waals surface area contributed by atoms with Crippen molar-refractivity contribution in [2.75, 3.05) is 24.8 Å². The van der Waals surface area contributed by atoms with Crippen molar-refractivity contribution in [2.24, 2.45) is 0 Å². The molecule has 0 aliphatic carbocycles. The van der Waals surface area contributed by atoms with Gasteiger partial charge in [0.05, 0.1) is 24.3 Å². The third-order valence-electron chi connectivity index (χ3n) is 9.70. The van der Waals surface area contributed by atoms with E-state index >= 15 is 4.39 Å². The number of carbonyl (C=O) groups is 2. The van der Waals surface area contributed by atoms with Crippen molar-refractivity contribution in [3.63, 3.8) is 0 Å². The fourth-order valence-electron chi connectivity index (χ4n) is 7.90. The number of likely N-dealkylation sites (tertiary alicyclic amines) is 1. The van der Waals surface area contributed by atoms with Crippen LogP contribution in [0.3, 0.4) is 0 Å². The van der Waals surface area contributed by atoms with Crippen molar-refractivity contribution in [1.29, 1.82) is 0 Å².